The molecule has 0 heterocycles. The largest absolute Gasteiger partial charge is 0.466 e. The lowest BCUT2D eigenvalue weighted by Crippen LogP contribution is -2.17. The van der Waals surface area contributed by atoms with Crippen molar-refractivity contribution in [1.29, 1.82) is 0 Å². The van der Waals surface area contributed by atoms with E-state index < -0.39 is 0 Å². The van der Waals surface area contributed by atoms with Crippen LogP contribution in [0.3, 0.4) is 0 Å². The molecular weight excluding hydrogens is 200 g/mol. The van der Waals surface area contributed by atoms with Crippen molar-refractivity contribution in [3.63, 3.8) is 0 Å². The Balaban J connectivity index is 3.98. The molecule has 0 aliphatic rings. The molecule has 0 rings (SSSR count). The Morgan fingerprint density at radius 3 is 2.06 bits per heavy atom. The summed E-state index contributed by atoms with van der Waals surface area (Å²) in [5.41, 5.74) is 0. The van der Waals surface area contributed by atoms with Gasteiger partial charge >= 0.3 is 5.97 Å². The second kappa shape index (κ2) is 10.5. The van der Waals surface area contributed by atoms with E-state index in [1.165, 1.54) is 0 Å². The quantitative estimate of drug-likeness (QED) is 0.320. The summed E-state index contributed by atoms with van der Waals surface area (Å²) in [6.07, 6.45) is 9.57. The monoisotopic (exact) mass is 224 g/mol. The number of unbranched alkanes of at least 4 members (excludes halogenated alkanes) is 2. The van der Waals surface area contributed by atoms with Crippen LogP contribution in [0.25, 0.3) is 0 Å². The summed E-state index contributed by atoms with van der Waals surface area (Å²) in [4.78, 5) is 11.7. The molecule has 0 aliphatic carbocycles. The maximum Gasteiger partial charge on any atom is 0.308 e. The van der Waals surface area contributed by atoms with Crippen molar-refractivity contribution in [2.24, 2.45) is 5.92 Å². The zero-order valence-corrected chi connectivity index (χ0v) is 10.4. The third kappa shape index (κ3) is 7.27. The molecule has 0 amide bonds. The average molecular weight is 224 g/mol. The van der Waals surface area contributed by atoms with Gasteiger partial charge in [0.1, 0.15) is 0 Å². The minimum atomic E-state index is -0.0457. The van der Waals surface area contributed by atoms with Crippen LogP contribution in [0.2, 0.25) is 0 Å². The number of allylic oxidation sites excluding steroid dienone is 2. The predicted molar refractivity (Wildman–Crippen MR) is 68.2 cm³/mol. The predicted octanol–water partition coefficient (Wildman–Crippen LogP) is 3.88. The highest BCUT2D eigenvalue weighted by Crippen LogP contribution is 2.18. The maximum absolute atomic E-state index is 11.7. The van der Waals surface area contributed by atoms with E-state index in [1.807, 2.05) is 19.1 Å². The molecule has 0 saturated heterocycles. The normalized spacial score (nSPS) is 10.1. The Morgan fingerprint density at radius 1 is 1.19 bits per heavy atom. The number of rotatable bonds is 10. The summed E-state index contributed by atoms with van der Waals surface area (Å²) in [5, 5.41) is 0. The first-order chi connectivity index (χ1) is 7.76. The Hall–Kier alpha value is -1.05. The van der Waals surface area contributed by atoms with E-state index >= 15 is 0 Å². The lowest BCUT2D eigenvalue weighted by Gasteiger charge is -2.14. The van der Waals surface area contributed by atoms with Crippen molar-refractivity contribution in [3.8, 4) is 0 Å². The minimum absolute atomic E-state index is 0.0457. The van der Waals surface area contributed by atoms with Crippen LogP contribution in [0, 0.1) is 5.92 Å². The molecule has 0 atom stereocenters. The third-order valence-electron chi connectivity index (χ3n) is 2.54. The van der Waals surface area contributed by atoms with E-state index in [0.717, 1.165) is 38.5 Å². The van der Waals surface area contributed by atoms with Gasteiger partial charge in [0.05, 0.1) is 12.5 Å². The molecule has 0 aliphatic heterocycles. The van der Waals surface area contributed by atoms with Gasteiger partial charge in [0.25, 0.3) is 0 Å². The van der Waals surface area contributed by atoms with E-state index in [4.69, 9.17) is 4.74 Å². The zero-order valence-electron chi connectivity index (χ0n) is 10.4. The van der Waals surface area contributed by atoms with E-state index in [-0.39, 0.29) is 11.9 Å². The van der Waals surface area contributed by atoms with Gasteiger partial charge in [-0.2, -0.15) is 0 Å². The van der Waals surface area contributed by atoms with Crippen molar-refractivity contribution in [2.75, 3.05) is 6.61 Å². The number of hydrogen-bond acceptors (Lipinski definition) is 2. The molecule has 92 valence electrons. The summed E-state index contributed by atoms with van der Waals surface area (Å²) in [6.45, 7) is 9.69. The molecule has 0 bridgehead atoms. The molecule has 0 unspecified atom stereocenters. The van der Waals surface area contributed by atoms with Gasteiger partial charge in [-0.25, -0.2) is 0 Å². The van der Waals surface area contributed by atoms with Gasteiger partial charge in [-0.05, 0) is 45.4 Å². The zero-order chi connectivity index (χ0) is 12.2. The number of ether oxygens (including phenoxy) is 1. The average Bonchev–Trinajstić information content (AvgIpc) is 2.28. The number of esters is 1. The van der Waals surface area contributed by atoms with Crippen LogP contribution in [-0.2, 0) is 9.53 Å². The molecular formula is C14H24O2. The molecule has 2 heteroatoms. The molecule has 0 aromatic heterocycles. The van der Waals surface area contributed by atoms with Gasteiger partial charge in [-0.15, -0.1) is 13.2 Å². The smallest absolute Gasteiger partial charge is 0.308 e. The Labute approximate surface area is 99.4 Å². The second-order valence-electron chi connectivity index (χ2n) is 3.89. The Bertz CT molecular complexity index is 195. The minimum Gasteiger partial charge on any atom is -0.466 e. The lowest BCUT2D eigenvalue weighted by atomic mass is 9.96. The highest BCUT2D eigenvalue weighted by atomic mass is 16.5. The highest BCUT2D eigenvalue weighted by Gasteiger charge is 2.18. The topological polar surface area (TPSA) is 26.3 Å². The van der Waals surface area contributed by atoms with Gasteiger partial charge in [0, 0.05) is 0 Å². The van der Waals surface area contributed by atoms with Crippen LogP contribution in [-0.4, -0.2) is 12.6 Å². The van der Waals surface area contributed by atoms with Crippen LogP contribution in [0.15, 0.2) is 25.3 Å². The highest BCUT2D eigenvalue weighted by molar-refractivity contribution is 5.72. The van der Waals surface area contributed by atoms with Crippen molar-refractivity contribution < 1.29 is 9.53 Å². The van der Waals surface area contributed by atoms with Gasteiger partial charge in [0.15, 0.2) is 0 Å². The van der Waals surface area contributed by atoms with Crippen molar-refractivity contribution >= 4 is 5.97 Å². The lowest BCUT2D eigenvalue weighted by molar-refractivity contribution is -0.148. The van der Waals surface area contributed by atoms with Gasteiger partial charge in [-0.3, -0.25) is 4.79 Å². The standard InChI is InChI=1S/C14H24O2/c1-4-7-9-11-13(12-10-8-5-2)14(15)16-6-3/h4-5,13H,1-2,6-12H2,3H3. The van der Waals surface area contributed by atoms with E-state index in [9.17, 15) is 4.79 Å². The molecule has 0 radical (unpaired) electrons. The van der Waals surface area contributed by atoms with Gasteiger partial charge in [-0.1, -0.05) is 12.2 Å². The Morgan fingerprint density at radius 2 is 1.69 bits per heavy atom. The van der Waals surface area contributed by atoms with Gasteiger partial charge < -0.3 is 4.74 Å². The van der Waals surface area contributed by atoms with Gasteiger partial charge in [0.2, 0.25) is 0 Å². The van der Waals surface area contributed by atoms with Crippen LogP contribution < -0.4 is 0 Å². The SMILES string of the molecule is C=CCCCC(CCCC=C)C(=O)OCC. The fourth-order valence-electron chi connectivity index (χ4n) is 1.66. The van der Waals surface area contributed by atoms with Crippen LogP contribution in [0.5, 0.6) is 0 Å². The number of carbonyl (C=O) groups is 1. The van der Waals surface area contributed by atoms with E-state index in [2.05, 4.69) is 13.2 Å². The molecule has 0 aromatic carbocycles. The van der Waals surface area contributed by atoms with Crippen molar-refractivity contribution in [3.05, 3.63) is 25.3 Å². The first-order valence-corrected chi connectivity index (χ1v) is 6.14. The van der Waals surface area contributed by atoms with Crippen LogP contribution in [0.4, 0.5) is 0 Å². The maximum atomic E-state index is 11.7. The molecule has 0 N–H and O–H groups in total. The summed E-state index contributed by atoms with van der Waals surface area (Å²) in [5.74, 6) is 0.00970. The number of hydrogen-bond donors (Lipinski definition) is 0. The van der Waals surface area contributed by atoms with Crippen molar-refractivity contribution in [2.45, 2.75) is 45.4 Å². The number of carbonyl (C=O) groups excluding carboxylic acids is 1. The summed E-state index contributed by atoms with van der Waals surface area (Å²) in [6, 6.07) is 0. The van der Waals surface area contributed by atoms with Crippen molar-refractivity contribution in [1.82, 2.24) is 0 Å². The molecule has 0 aromatic rings. The summed E-state index contributed by atoms with van der Waals surface area (Å²) >= 11 is 0. The fraction of sp³-hybridized carbons (Fsp3) is 0.643. The van der Waals surface area contributed by atoms with Crippen LogP contribution >= 0.6 is 0 Å². The van der Waals surface area contributed by atoms with E-state index in [0.29, 0.717) is 6.61 Å². The summed E-state index contributed by atoms with van der Waals surface area (Å²) in [7, 11) is 0. The first kappa shape index (κ1) is 14.9. The second-order valence-corrected chi connectivity index (χ2v) is 3.89. The van der Waals surface area contributed by atoms with E-state index in [1.54, 1.807) is 0 Å². The molecule has 0 spiro atoms. The molecule has 16 heavy (non-hydrogen) atoms. The molecule has 0 saturated carbocycles. The first-order valence-electron chi connectivity index (χ1n) is 6.14. The Kier molecular flexibility index (Phi) is 9.78. The molecule has 2 nitrogen and oxygen atoms in total. The fourth-order valence-corrected chi connectivity index (χ4v) is 1.66. The molecule has 0 fully saturated rings. The summed E-state index contributed by atoms with van der Waals surface area (Å²) < 4.78 is 5.07. The van der Waals surface area contributed by atoms with Crippen LogP contribution in [0.1, 0.15) is 45.4 Å². The third-order valence-corrected chi connectivity index (χ3v) is 2.54.